The molecule has 0 aromatic heterocycles. The van der Waals surface area contributed by atoms with Crippen molar-refractivity contribution in [2.24, 2.45) is 0 Å². The highest BCUT2D eigenvalue weighted by Gasteiger charge is 2.38. The van der Waals surface area contributed by atoms with E-state index in [0.717, 1.165) is 28.0 Å². The number of rotatable bonds is 7. The molecule has 1 aliphatic rings. The van der Waals surface area contributed by atoms with Crippen molar-refractivity contribution in [1.29, 1.82) is 0 Å². The van der Waals surface area contributed by atoms with Crippen LogP contribution in [0.4, 0.5) is 0 Å². The van der Waals surface area contributed by atoms with E-state index < -0.39 is 5.41 Å². The number of carbonyl (C=O) groups excluding carboxylic acids is 1. The van der Waals surface area contributed by atoms with Gasteiger partial charge < -0.3 is 4.74 Å². The van der Waals surface area contributed by atoms with Gasteiger partial charge >= 0.3 is 0 Å². The number of ketones is 1. The lowest BCUT2D eigenvalue weighted by Gasteiger charge is -2.33. The van der Waals surface area contributed by atoms with Crippen molar-refractivity contribution in [3.63, 3.8) is 0 Å². The quantitative estimate of drug-likeness (QED) is 0.456. The van der Waals surface area contributed by atoms with Crippen LogP contribution in [0.25, 0.3) is 5.57 Å². The van der Waals surface area contributed by atoms with Crippen molar-refractivity contribution in [1.82, 2.24) is 0 Å². The van der Waals surface area contributed by atoms with Crippen LogP contribution in [0.15, 0.2) is 103 Å². The van der Waals surface area contributed by atoms with Gasteiger partial charge in [0.25, 0.3) is 0 Å². The van der Waals surface area contributed by atoms with Gasteiger partial charge in [-0.15, -0.1) is 0 Å². The molecule has 30 heavy (non-hydrogen) atoms. The molecule has 3 aromatic carbocycles. The van der Waals surface area contributed by atoms with Crippen LogP contribution >= 0.6 is 0 Å². The van der Waals surface area contributed by atoms with E-state index in [2.05, 4.69) is 42.5 Å². The molecule has 2 heteroatoms. The first-order valence-corrected chi connectivity index (χ1v) is 10.5. The van der Waals surface area contributed by atoms with Crippen LogP contribution in [-0.4, -0.2) is 5.78 Å². The van der Waals surface area contributed by atoms with Crippen molar-refractivity contribution in [2.45, 2.75) is 31.8 Å². The third kappa shape index (κ3) is 3.99. The van der Waals surface area contributed by atoms with Gasteiger partial charge in [0.05, 0.1) is 5.41 Å². The molecule has 1 unspecified atom stereocenters. The Morgan fingerprint density at radius 1 is 0.900 bits per heavy atom. The van der Waals surface area contributed by atoms with Crippen LogP contribution in [0.2, 0.25) is 0 Å². The van der Waals surface area contributed by atoms with Crippen molar-refractivity contribution >= 4 is 11.4 Å². The summed E-state index contributed by atoms with van der Waals surface area (Å²) < 4.78 is 6.19. The Hall–Kier alpha value is -3.39. The summed E-state index contributed by atoms with van der Waals surface area (Å²) in [6, 6.07) is 28.4. The monoisotopic (exact) mass is 394 g/mol. The highest BCUT2D eigenvalue weighted by molar-refractivity contribution is 5.95. The number of para-hydroxylation sites is 1. The molecule has 150 valence electrons. The van der Waals surface area contributed by atoms with E-state index in [4.69, 9.17) is 4.74 Å². The minimum absolute atomic E-state index is 0.234. The molecule has 0 saturated carbocycles. The Morgan fingerprint density at radius 2 is 1.57 bits per heavy atom. The zero-order valence-corrected chi connectivity index (χ0v) is 17.3. The first kappa shape index (κ1) is 19.9. The summed E-state index contributed by atoms with van der Waals surface area (Å²) in [4.78, 5) is 13.2. The van der Waals surface area contributed by atoms with Gasteiger partial charge in [0.1, 0.15) is 18.1 Å². The molecule has 0 heterocycles. The first-order chi connectivity index (χ1) is 14.7. The molecule has 2 nitrogen and oxygen atoms in total. The van der Waals surface area contributed by atoms with Gasteiger partial charge in [-0.1, -0.05) is 104 Å². The second-order valence-corrected chi connectivity index (χ2v) is 7.61. The molecule has 3 aromatic rings. The maximum Gasteiger partial charge on any atom is 0.147 e. The van der Waals surface area contributed by atoms with Crippen LogP contribution in [0, 0.1) is 0 Å². The SMILES string of the molecule is CCC(=O)C1(c2ccccc2)C=CC=C(c2ccccc2OCc2ccccc2)C1. The molecule has 0 fully saturated rings. The molecule has 0 amide bonds. The number of Topliss-reactive ketones (excluding diaryl/α,β-unsaturated/α-hetero) is 1. The van der Waals surface area contributed by atoms with Crippen molar-refractivity contribution < 1.29 is 9.53 Å². The average Bonchev–Trinajstić information content (AvgIpc) is 2.83. The number of hydrogen-bond acceptors (Lipinski definition) is 2. The summed E-state index contributed by atoms with van der Waals surface area (Å²) in [5, 5.41) is 0. The van der Waals surface area contributed by atoms with Gasteiger partial charge in [-0.3, -0.25) is 4.79 Å². The van der Waals surface area contributed by atoms with E-state index >= 15 is 0 Å². The lowest BCUT2D eigenvalue weighted by atomic mass is 9.68. The Bertz CT molecular complexity index is 1060. The molecule has 1 atom stereocenters. The van der Waals surface area contributed by atoms with Gasteiger partial charge in [-0.2, -0.15) is 0 Å². The number of allylic oxidation sites excluding steroid dienone is 4. The standard InChI is InChI=1S/C28H26O2/c1-2-27(29)28(24-15-7-4-8-16-24)19-11-14-23(20-28)25-17-9-10-18-26(25)30-21-22-12-5-3-6-13-22/h3-19H,2,20-21H2,1H3. The third-order valence-electron chi connectivity index (χ3n) is 5.73. The second-order valence-electron chi connectivity index (χ2n) is 7.61. The topological polar surface area (TPSA) is 26.3 Å². The van der Waals surface area contributed by atoms with Gasteiger partial charge in [-0.25, -0.2) is 0 Å². The van der Waals surface area contributed by atoms with Crippen LogP contribution in [0.3, 0.4) is 0 Å². The van der Waals surface area contributed by atoms with Crippen molar-refractivity contribution in [3.05, 3.63) is 120 Å². The van der Waals surface area contributed by atoms with Gasteiger partial charge in [-0.05, 0) is 29.2 Å². The predicted molar refractivity (Wildman–Crippen MR) is 122 cm³/mol. The maximum absolute atomic E-state index is 13.2. The van der Waals surface area contributed by atoms with Crippen LogP contribution in [0.5, 0.6) is 5.75 Å². The van der Waals surface area contributed by atoms with Gasteiger partial charge in [0.2, 0.25) is 0 Å². The fourth-order valence-corrected chi connectivity index (χ4v) is 4.13. The van der Waals surface area contributed by atoms with Crippen LogP contribution < -0.4 is 4.74 Å². The molecule has 0 saturated heterocycles. The molecule has 0 bridgehead atoms. The summed E-state index contributed by atoms with van der Waals surface area (Å²) in [5.41, 5.74) is 3.70. The lowest BCUT2D eigenvalue weighted by molar-refractivity contribution is -0.122. The van der Waals surface area contributed by atoms with E-state index in [9.17, 15) is 4.79 Å². The smallest absolute Gasteiger partial charge is 0.147 e. The summed E-state index contributed by atoms with van der Waals surface area (Å²) in [7, 11) is 0. The summed E-state index contributed by atoms with van der Waals surface area (Å²) >= 11 is 0. The minimum Gasteiger partial charge on any atom is -0.488 e. The Labute approximate surface area is 178 Å². The molecule has 0 N–H and O–H groups in total. The number of ether oxygens (including phenoxy) is 1. The summed E-state index contributed by atoms with van der Waals surface area (Å²) in [6.07, 6.45) is 7.32. The fraction of sp³-hybridized carbons (Fsp3) is 0.179. The number of benzene rings is 3. The Kier molecular flexibility index (Phi) is 5.94. The largest absolute Gasteiger partial charge is 0.488 e. The van der Waals surface area contributed by atoms with Crippen molar-refractivity contribution in [3.8, 4) is 5.75 Å². The van der Waals surface area contributed by atoms with E-state index in [0.29, 0.717) is 19.4 Å². The predicted octanol–water partition coefficient (Wildman–Crippen LogP) is 6.53. The molecule has 0 spiro atoms. The maximum atomic E-state index is 13.2. The van der Waals surface area contributed by atoms with E-state index in [1.165, 1.54) is 0 Å². The highest BCUT2D eigenvalue weighted by Crippen LogP contribution is 2.42. The van der Waals surface area contributed by atoms with Gasteiger partial charge in [0, 0.05) is 12.0 Å². The van der Waals surface area contributed by atoms with Crippen molar-refractivity contribution in [2.75, 3.05) is 0 Å². The molecule has 0 radical (unpaired) electrons. The molecule has 4 rings (SSSR count). The molecular weight excluding hydrogens is 368 g/mol. The number of carbonyl (C=O) groups is 1. The van der Waals surface area contributed by atoms with Crippen LogP contribution in [0.1, 0.15) is 36.5 Å². The van der Waals surface area contributed by atoms with E-state index in [1.54, 1.807) is 0 Å². The summed E-state index contributed by atoms with van der Waals surface area (Å²) in [6.45, 7) is 2.45. The van der Waals surface area contributed by atoms with Gasteiger partial charge in [0.15, 0.2) is 0 Å². The van der Waals surface area contributed by atoms with E-state index in [1.807, 2.05) is 67.6 Å². The molecule has 1 aliphatic carbocycles. The number of hydrogen-bond donors (Lipinski definition) is 0. The average molecular weight is 395 g/mol. The summed E-state index contributed by atoms with van der Waals surface area (Å²) in [5.74, 6) is 1.08. The minimum atomic E-state index is -0.632. The zero-order valence-electron chi connectivity index (χ0n) is 17.3. The first-order valence-electron chi connectivity index (χ1n) is 10.5. The Morgan fingerprint density at radius 3 is 2.30 bits per heavy atom. The third-order valence-corrected chi connectivity index (χ3v) is 5.73. The van der Waals surface area contributed by atoms with E-state index in [-0.39, 0.29) is 5.78 Å². The molecule has 0 aliphatic heterocycles. The Balaban J connectivity index is 1.66. The zero-order chi connectivity index (χ0) is 20.8. The molecular formula is C28H26O2. The normalized spacial score (nSPS) is 18.0. The lowest BCUT2D eigenvalue weighted by Crippen LogP contribution is -2.35. The second kappa shape index (κ2) is 8.96. The fourth-order valence-electron chi connectivity index (χ4n) is 4.13. The van der Waals surface area contributed by atoms with Crippen LogP contribution in [-0.2, 0) is 16.8 Å². The highest BCUT2D eigenvalue weighted by atomic mass is 16.5.